The van der Waals surface area contributed by atoms with Crippen molar-refractivity contribution in [3.05, 3.63) is 29.6 Å². The number of halogens is 1. The molecule has 1 rings (SSSR count). The van der Waals surface area contributed by atoms with Crippen LogP contribution in [0.5, 0.6) is 0 Å². The van der Waals surface area contributed by atoms with Gasteiger partial charge in [0.25, 0.3) is 0 Å². The first-order valence-electron chi connectivity index (χ1n) is 6.38. The highest BCUT2D eigenvalue weighted by Crippen LogP contribution is 2.26. The van der Waals surface area contributed by atoms with E-state index in [2.05, 4.69) is 4.90 Å². The Bertz CT molecular complexity index is 378. The van der Waals surface area contributed by atoms with Crippen molar-refractivity contribution in [1.82, 2.24) is 0 Å². The fourth-order valence-electron chi connectivity index (χ4n) is 1.93. The predicted octanol–water partition coefficient (Wildman–Crippen LogP) is 1.94. The van der Waals surface area contributed by atoms with E-state index < -0.39 is 0 Å². The summed E-state index contributed by atoms with van der Waals surface area (Å²) in [4.78, 5) is 2.10. The van der Waals surface area contributed by atoms with E-state index in [9.17, 15) is 4.39 Å². The average Bonchev–Trinajstić information content (AvgIpc) is 2.39. The molecule has 1 atom stereocenters. The molecule has 0 aliphatic rings. The topological polar surface area (TPSA) is 47.7 Å². The smallest absolute Gasteiger partial charge is 0.123 e. The van der Waals surface area contributed by atoms with Crippen molar-refractivity contribution >= 4 is 5.69 Å². The lowest BCUT2D eigenvalue weighted by atomic mass is 10.1. The molecule has 0 saturated carbocycles. The summed E-state index contributed by atoms with van der Waals surface area (Å²) in [6.45, 7) is 4.47. The lowest BCUT2D eigenvalue weighted by Gasteiger charge is -2.27. The SMILES string of the molecule is COCCN(CCOC)c1ccc(F)cc1[C@@H](C)N. The molecular weight excluding hydrogens is 247 g/mol. The zero-order valence-corrected chi connectivity index (χ0v) is 11.9. The molecule has 2 N–H and O–H groups in total. The van der Waals surface area contributed by atoms with Crippen molar-refractivity contribution < 1.29 is 13.9 Å². The molecule has 1 aromatic carbocycles. The largest absolute Gasteiger partial charge is 0.383 e. The van der Waals surface area contributed by atoms with Crippen LogP contribution in [0.1, 0.15) is 18.5 Å². The summed E-state index contributed by atoms with van der Waals surface area (Å²) in [5.74, 6) is -0.269. The van der Waals surface area contributed by atoms with Crippen LogP contribution in [0.4, 0.5) is 10.1 Å². The minimum atomic E-state index is -0.269. The summed E-state index contributed by atoms with van der Waals surface area (Å²) in [7, 11) is 3.32. The van der Waals surface area contributed by atoms with Gasteiger partial charge in [0.1, 0.15) is 5.82 Å². The first-order chi connectivity index (χ1) is 9.10. The number of methoxy groups -OCH3 is 2. The van der Waals surface area contributed by atoms with Gasteiger partial charge in [0, 0.05) is 39.0 Å². The third kappa shape index (κ3) is 4.78. The summed E-state index contributed by atoms with van der Waals surface area (Å²) >= 11 is 0. The van der Waals surface area contributed by atoms with Crippen molar-refractivity contribution in [3.63, 3.8) is 0 Å². The molecule has 0 unspecified atom stereocenters. The summed E-state index contributed by atoms with van der Waals surface area (Å²) in [6, 6.07) is 4.48. The minimum Gasteiger partial charge on any atom is -0.383 e. The van der Waals surface area contributed by atoms with Gasteiger partial charge in [-0.2, -0.15) is 0 Å². The Labute approximate surface area is 114 Å². The first-order valence-corrected chi connectivity index (χ1v) is 6.38. The molecule has 4 nitrogen and oxygen atoms in total. The second-order valence-corrected chi connectivity index (χ2v) is 4.46. The van der Waals surface area contributed by atoms with Gasteiger partial charge in [0.2, 0.25) is 0 Å². The molecule has 0 bridgehead atoms. The first kappa shape index (κ1) is 15.9. The van der Waals surface area contributed by atoms with Crippen LogP contribution >= 0.6 is 0 Å². The normalized spacial score (nSPS) is 12.5. The van der Waals surface area contributed by atoms with Crippen molar-refractivity contribution in [2.24, 2.45) is 5.73 Å². The number of anilines is 1. The summed E-state index contributed by atoms with van der Waals surface area (Å²) in [6.07, 6.45) is 0. The van der Waals surface area contributed by atoms with Crippen LogP contribution in [0.25, 0.3) is 0 Å². The number of rotatable bonds is 8. The van der Waals surface area contributed by atoms with Gasteiger partial charge in [0.05, 0.1) is 13.2 Å². The van der Waals surface area contributed by atoms with Gasteiger partial charge in [-0.3, -0.25) is 0 Å². The lowest BCUT2D eigenvalue weighted by Crippen LogP contribution is -2.32. The van der Waals surface area contributed by atoms with Crippen LogP contribution in [-0.4, -0.2) is 40.5 Å². The molecule has 5 heteroatoms. The van der Waals surface area contributed by atoms with Crippen LogP contribution in [-0.2, 0) is 9.47 Å². The molecule has 0 amide bonds. The van der Waals surface area contributed by atoms with Crippen molar-refractivity contribution in [2.45, 2.75) is 13.0 Å². The van der Waals surface area contributed by atoms with Gasteiger partial charge in [0.15, 0.2) is 0 Å². The number of benzene rings is 1. The number of ether oxygens (including phenoxy) is 2. The van der Waals surface area contributed by atoms with Gasteiger partial charge in [-0.25, -0.2) is 4.39 Å². The Morgan fingerprint density at radius 3 is 2.26 bits per heavy atom. The second-order valence-electron chi connectivity index (χ2n) is 4.46. The average molecular weight is 270 g/mol. The standard InChI is InChI=1S/C14H23FN2O2/c1-11(16)13-10-12(15)4-5-14(13)17(6-8-18-2)7-9-19-3/h4-5,10-11H,6-9,16H2,1-3H3/t11-/m1/s1. The second kappa shape index (κ2) is 8.09. The molecule has 0 saturated heterocycles. The summed E-state index contributed by atoms with van der Waals surface area (Å²) < 4.78 is 23.6. The Balaban J connectivity index is 2.98. The highest BCUT2D eigenvalue weighted by Gasteiger charge is 2.14. The summed E-state index contributed by atoms with van der Waals surface area (Å²) in [5, 5.41) is 0. The van der Waals surface area contributed by atoms with E-state index in [1.54, 1.807) is 20.3 Å². The monoisotopic (exact) mass is 270 g/mol. The fourth-order valence-corrected chi connectivity index (χ4v) is 1.93. The molecule has 0 heterocycles. The van der Waals surface area contributed by atoms with E-state index >= 15 is 0 Å². The van der Waals surface area contributed by atoms with E-state index in [1.807, 2.05) is 6.92 Å². The molecule has 0 aliphatic carbocycles. The highest BCUT2D eigenvalue weighted by molar-refractivity contribution is 5.55. The molecule has 19 heavy (non-hydrogen) atoms. The Kier molecular flexibility index (Phi) is 6.77. The number of nitrogens with two attached hydrogens (primary N) is 1. The van der Waals surface area contributed by atoms with Crippen molar-refractivity contribution in [3.8, 4) is 0 Å². The maximum Gasteiger partial charge on any atom is 0.123 e. The summed E-state index contributed by atoms with van der Waals surface area (Å²) in [5.41, 5.74) is 7.66. The van der Waals surface area contributed by atoms with E-state index in [0.29, 0.717) is 26.3 Å². The van der Waals surface area contributed by atoms with Crippen LogP contribution in [0.15, 0.2) is 18.2 Å². The Morgan fingerprint density at radius 1 is 1.21 bits per heavy atom. The lowest BCUT2D eigenvalue weighted by molar-refractivity contribution is 0.190. The molecule has 108 valence electrons. The molecule has 0 fully saturated rings. The van der Waals surface area contributed by atoms with Crippen molar-refractivity contribution in [1.29, 1.82) is 0 Å². The van der Waals surface area contributed by atoms with E-state index in [-0.39, 0.29) is 11.9 Å². The molecule has 1 aromatic rings. The van der Waals surface area contributed by atoms with E-state index in [0.717, 1.165) is 11.3 Å². The number of hydrogen-bond acceptors (Lipinski definition) is 4. The minimum absolute atomic E-state index is 0.224. The maximum atomic E-state index is 13.4. The Hall–Kier alpha value is -1.17. The highest BCUT2D eigenvalue weighted by atomic mass is 19.1. The van der Waals surface area contributed by atoms with Gasteiger partial charge < -0.3 is 20.1 Å². The van der Waals surface area contributed by atoms with Gasteiger partial charge >= 0.3 is 0 Å². The maximum absolute atomic E-state index is 13.4. The van der Waals surface area contributed by atoms with Gasteiger partial charge in [-0.05, 0) is 30.7 Å². The molecule has 0 spiro atoms. The van der Waals surface area contributed by atoms with Crippen molar-refractivity contribution in [2.75, 3.05) is 45.4 Å². The van der Waals surface area contributed by atoms with E-state index in [1.165, 1.54) is 12.1 Å². The number of hydrogen-bond donors (Lipinski definition) is 1. The third-order valence-corrected chi connectivity index (χ3v) is 2.95. The molecule has 0 aromatic heterocycles. The third-order valence-electron chi connectivity index (χ3n) is 2.95. The quantitative estimate of drug-likeness (QED) is 0.784. The number of nitrogens with zero attached hydrogens (tertiary/aromatic N) is 1. The van der Waals surface area contributed by atoms with E-state index in [4.69, 9.17) is 15.2 Å². The predicted molar refractivity (Wildman–Crippen MR) is 75.0 cm³/mol. The van der Waals surface area contributed by atoms with Gasteiger partial charge in [-0.15, -0.1) is 0 Å². The zero-order chi connectivity index (χ0) is 14.3. The van der Waals surface area contributed by atoms with Crippen LogP contribution in [0.3, 0.4) is 0 Å². The fraction of sp³-hybridized carbons (Fsp3) is 0.571. The van der Waals surface area contributed by atoms with Crippen LogP contribution in [0.2, 0.25) is 0 Å². The Morgan fingerprint density at radius 2 is 1.79 bits per heavy atom. The van der Waals surface area contributed by atoms with Gasteiger partial charge in [-0.1, -0.05) is 0 Å². The van der Waals surface area contributed by atoms with Crippen LogP contribution in [0, 0.1) is 5.82 Å². The molecule has 0 aliphatic heterocycles. The zero-order valence-electron chi connectivity index (χ0n) is 11.9. The van der Waals surface area contributed by atoms with Crippen LogP contribution < -0.4 is 10.6 Å². The molecular formula is C14H23FN2O2. The molecule has 0 radical (unpaired) electrons.